The summed E-state index contributed by atoms with van der Waals surface area (Å²) in [5, 5.41) is 0. The Balaban J connectivity index is 1.66. The van der Waals surface area contributed by atoms with Crippen LogP contribution < -0.4 is 0 Å². The Hall–Kier alpha value is -0.300. The molecular formula is C18H32O. The topological polar surface area (TPSA) is 9.23 Å². The highest BCUT2D eigenvalue weighted by Crippen LogP contribution is 2.41. The van der Waals surface area contributed by atoms with E-state index in [2.05, 4.69) is 13.5 Å². The van der Waals surface area contributed by atoms with Gasteiger partial charge in [0.1, 0.15) is 0 Å². The number of hydrogen-bond acceptors (Lipinski definition) is 1. The van der Waals surface area contributed by atoms with Crippen molar-refractivity contribution in [2.24, 2.45) is 17.8 Å². The second kappa shape index (κ2) is 8.09. The van der Waals surface area contributed by atoms with Gasteiger partial charge < -0.3 is 4.74 Å². The van der Waals surface area contributed by atoms with Crippen molar-refractivity contribution >= 4 is 0 Å². The van der Waals surface area contributed by atoms with Crippen LogP contribution in [0.3, 0.4) is 0 Å². The Morgan fingerprint density at radius 2 is 1.53 bits per heavy atom. The molecule has 0 amide bonds. The number of rotatable bonds is 6. The summed E-state index contributed by atoms with van der Waals surface area (Å²) in [6.07, 6.45) is 16.6. The van der Waals surface area contributed by atoms with Gasteiger partial charge in [0.15, 0.2) is 0 Å². The molecular weight excluding hydrogens is 232 g/mol. The van der Waals surface area contributed by atoms with Crippen molar-refractivity contribution < 1.29 is 4.74 Å². The molecule has 1 nitrogen and oxygen atoms in total. The zero-order chi connectivity index (χ0) is 13.5. The highest BCUT2D eigenvalue weighted by molar-refractivity contribution is 4.82. The maximum atomic E-state index is 5.80. The second-order valence-corrected chi connectivity index (χ2v) is 6.73. The fourth-order valence-electron chi connectivity index (χ4n) is 4.29. The van der Waals surface area contributed by atoms with Crippen LogP contribution in [0, 0.1) is 17.8 Å². The normalized spacial score (nSPS) is 36.1. The molecule has 2 fully saturated rings. The van der Waals surface area contributed by atoms with Crippen molar-refractivity contribution in [3.63, 3.8) is 0 Å². The van der Waals surface area contributed by atoms with Crippen LogP contribution in [0.2, 0.25) is 0 Å². The van der Waals surface area contributed by atoms with E-state index in [1.165, 1.54) is 64.2 Å². The first-order chi connectivity index (χ1) is 9.33. The number of hydrogen-bond donors (Lipinski definition) is 0. The molecule has 0 N–H and O–H groups in total. The van der Waals surface area contributed by atoms with Crippen LogP contribution in [0.1, 0.15) is 71.1 Å². The highest BCUT2D eigenvalue weighted by atomic mass is 16.5. The van der Waals surface area contributed by atoms with Gasteiger partial charge in [-0.2, -0.15) is 0 Å². The smallest absolute Gasteiger partial charge is 0.0648 e. The second-order valence-electron chi connectivity index (χ2n) is 6.73. The minimum absolute atomic E-state index is 0.519. The summed E-state index contributed by atoms with van der Waals surface area (Å²) in [6, 6.07) is 0. The first kappa shape index (κ1) is 15.1. The number of ether oxygens (including phenoxy) is 1. The van der Waals surface area contributed by atoms with E-state index in [0.29, 0.717) is 6.10 Å². The fourth-order valence-corrected chi connectivity index (χ4v) is 4.29. The van der Waals surface area contributed by atoms with E-state index in [9.17, 15) is 0 Å². The molecule has 0 aliphatic heterocycles. The van der Waals surface area contributed by atoms with Gasteiger partial charge in [-0.1, -0.05) is 38.7 Å². The average Bonchev–Trinajstić information content (AvgIpc) is 2.47. The molecule has 2 saturated carbocycles. The van der Waals surface area contributed by atoms with E-state index in [0.717, 1.165) is 24.4 Å². The molecule has 2 aliphatic rings. The van der Waals surface area contributed by atoms with Gasteiger partial charge in [-0.15, -0.1) is 6.58 Å². The highest BCUT2D eigenvalue weighted by Gasteiger charge is 2.30. The summed E-state index contributed by atoms with van der Waals surface area (Å²) in [4.78, 5) is 0. The van der Waals surface area contributed by atoms with E-state index in [4.69, 9.17) is 4.74 Å². The summed E-state index contributed by atoms with van der Waals surface area (Å²) < 4.78 is 5.80. The summed E-state index contributed by atoms with van der Waals surface area (Å²) in [6.45, 7) is 6.79. The first-order valence-corrected chi connectivity index (χ1v) is 8.56. The molecule has 0 spiro atoms. The van der Waals surface area contributed by atoms with Gasteiger partial charge in [-0.3, -0.25) is 0 Å². The molecule has 0 radical (unpaired) electrons. The van der Waals surface area contributed by atoms with Crippen LogP contribution in [0.4, 0.5) is 0 Å². The molecule has 0 heterocycles. The van der Waals surface area contributed by atoms with Crippen molar-refractivity contribution in [3.8, 4) is 0 Å². The Kier molecular flexibility index (Phi) is 6.43. The molecule has 1 heteroatoms. The molecule has 19 heavy (non-hydrogen) atoms. The van der Waals surface area contributed by atoms with Crippen LogP contribution in [-0.2, 0) is 4.74 Å². The van der Waals surface area contributed by atoms with Crippen LogP contribution in [0.25, 0.3) is 0 Å². The minimum Gasteiger partial charge on any atom is -0.374 e. The lowest BCUT2D eigenvalue weighted by atomic mass is 9.70. The zero-order valence-corrected chi connectivity index (χ0v) is 12.8. The minimum atomic E-state index is 0.519. The van der Waals surface area contributed by atoms with Crippen LogP contribution >= 0.6 is 0 Å². The maximum Gasteiger partial charge on any atom is 0.0648 e. The SMILES string of the molecule is C=CCO[C@H]1CC[C@H]([C@H]2CC[C@H](CCC)CC2)CC1. The van der Waals surface area contributed by atoms with Gasteiger partial charge >= 0.3 is 0 Å². The third-order valence-electron chi connectivity index (χ3n) is 5.42. The Morgan fingerprint density at radius 1 is 0.947 bits per heavy atom. The Morgan fingerprint density at radius 3 is 2.05 bits per heavy atom. The molecule has 0 unspecified atom stereocenters. The van der Waals surface area contributed by atoms with E-state index in [1.54, 1.807) is 0 Å². The van der Waals surface area contributed by atoms with Crippen LogP contribution in [0.15, 0.2) is 12.7 Å². The fraction of sp³-hybridized carbons (Fsp3) is 0.889. The molecule has 110 valence electrons. The largest absolute Gasteiger partial charge is 0.374 e. The monoisotopic (exact) mass is 264 g/mol. The van der Waals surface area contributed by atoms with Crippen molar-refractivity contribution in [3.05, 3.63) is 12.7 Å². The maximum absolute atomic E-state index is 5.80. The van der Waals surface area contributed by atoms with Crippen LogP contribution in [-0.4, -0.2) is 12.7 Å². The van der Waals surface area contributed by atoms with E-state index < -0.39 is 0 Å². The van der Waals surface area contributed by atoms with Crippen molar-refractivity contribution in [2.45, 2.75) is 77.2 Å². The summed E-state index contributed by atoms with van der Waals surface area (Å²) in [5.41, 5.74) is 0. The third kappa shape index (κ3) is 4.63. The Labute approximate surface area is 119 Å². The van der Waals surface area contributed by atoms with Gasteiger partial charge in [0.25, 0.3) is 0 Å². The first-order valence-electron chi connectivity index (χ1n) is 8.56. The van der Waals surface area contributed by atoms with Crippen molar-refractivity contribution in [2.75, 3.05) is 6.61 Å². The molecule has 2 rings (SSSR count). The average molecular weight is 264 g/mol. The van der Waals surface area contributed by atoms with Gasteiger partial charge in [-0.05, 0) is 56.3 Å². The van der Waals surface area contributed by atoms with E-state index in [1.807, 2.05) is 6.08 Å². The molecule has 0 atom stereocenters. The molecule has 0 aromatic rings. The Bertz CT molecular complexity index is 244. The van der Waals surface area contributed by atoms with E-state index >= 15 is 0 Å². The summed E-state index contributed by atoms with van der Waals surface area (Å²) >= 11 is 0. The van der Waals surface area contributed by atoms with Gasteiger partial charge in [0.2, 0.25) is 0 Å². The zero-order valence-electron chi connectivity index (χ0n) is 12.8. The molecule has 0 saturated heterocycles. The quantitative estimate of drug-likeness (QED) is 0.587. The molecule has 0 bridgehead atoms. The van der Waals surface area contributed by atoms with Gasteiger partial charge in [0.05, 0.1) is 12.7 Å². The lowest BCUT2D eigenvalue weighted by molar-refractivity contribution is 0.0211. The third-order valence-corrected chi connectivity index (χ3v) is 5.42. The van der Waals surface area contributed by atoms with Crippen LogP contribution in [0.5, 0.6) is 0 Å². The summed E-state index contributed by atoms with van der Waals surface area (Å²) in [5.74, 6) is 3.09. The predicted octanol–water partition coefficient (Wildman–Crippen LogP) is 5.35. The molecule has 0 aromatic heterocycles. The van der Waals surface area contributed by atoms with Crippen molar-refractivity contribution in [1.82, 2.24) is 0 Å². The lowest BCUT2D eigenvalue weighted by Gasteiger charge is -2.37. The standard InChI is InChI=1S/C18H32O/c1-3-5-15-6-8-16(9-7-15)17-10-12-18(13-11-17)19-14-4-2/h4,15-18H,2-3,5-14H2,1H3/t15-,16-,17-,18-. The van der Waals surface area contributed by atoms with Gasteiger partial charge in [0, 0.05) is 0 Å². The summed E-state index contributed by atoms with van der Waals surface area (Å²) in [7, 11) is 0. The van der Waals surface area contributed by atoms with E-state index in [-0.39, 0.29) is 0 Å². The lowest BCUT2D eigenvalue weighted by Crippen LogP contribution is -2.28. The van der Waals surface area contributed by atoms with Crippen molar-refractivity contribution in [1.29, 1.82) is 0 Å². The van der Waals surface area contributed by atoms with Gasteiger partial charge in [-0.25, -0.2) is 0 Å². The molecule has 0 aromatic carbocycles. The molecule has 2 aliphatic carbocycles. The predicted molar refractivity (Wildman–Crippen MR) is 82.3 cm³/mol.